The van der Waals surface area contributed by atoms with Crippen molar-refractivity contribution in [1.82, 2.24) is 0 Å². The summed E-state index contributed by atoms with van der Waals surface area (Å²) in [7, 11) is 0. The second kappa shape index (κ2) is 10.1. The van der Waals surface area contributed by atoms with Gasteiger partial charge in [0, 0.05) is 19.5 Å². The van der Waals surface area contributed by atoms with E-state index >= 15 is 0 Å². The predicted octanol–water partition coefficient (Wildman–Crippen LogP) is 2.02. The Hall–Kier alpha value is -2.79. The van der Waals surface area contributed by atoms with Crippen molar-refractivity contribution in [2.75, 3.05) is 18.1 Å². The maximum atomic E-state index is 13.2. The average Bonchev–Trinajstić information content (AvgIpc) is 3.14. The van der Waals surface area contributed by atoms with E-state index in [1.807, 2.05) is 45.0 Å². The normalized spacial score (nSPS) is 31.7. The fourth-order valence-electron chi connectivity index (χ4n) is 4.35. The third-order valence-corrected chi connectivity index (χ3v) is 5.98. The predicted molar refractivity (Wildman–Crippen MR) is 122 cm³/mol. The number of anilines is 1. The Labute approximate surface area is 204 Å². The Kier molecular flexibility index (Phi) is 7.27. The summed E-state index contributed by atoms with van der Waals surface area (Å²) in [5, 5.41) is 0. The lowest BCUT2D eigenvalue weighted by molar-refractivity contribution is -0.223. The Morgan fingerprint density at radius 2 is 1.83 bits per heavy atom. The van der Waals surface area contributed by atoms with Gasteiger partial charge in [-0.3, -0.25) is 14.4 Å². The molecule has 190 valence electrons. The molecule has 3 heterocycles. The summed E-state index contributed by atoms with van der Waals surface area (Å²) >= 11 is 0. The smallest absolute Gasteiger partial charge is 0.303 e. The summed E-state index contributed by atoms with van der Waals surface area (Å²) in [5.74, 6) is -2.01. The van der Waals surface area contributed by atoms with Crippen molar-refractivity contribution in [3.63, 3.8) is 0 Å². The van der Waals surface area contributed by atoms with Gasteiger partial charge in [0.25, 0.3) is 5.91 Å². The first-order valence-electron chi connectivity index (χ1n) is 11.6. The van der Waals surface area contributed by atoms with Crippen LogP contribution in [0.5, 0.6) is 0 Å². The molecule has 0 N–H and O–H groups in total. The molecule has 1 aromatic rings. The highest BCUT2D eigenvalue weighted by Gasteiger charge is 2.57. The summed E-state index contributed by atoms with van der Waals surface area (Å²) in [4.78, 5) is 37.7. The molecule has 10 nitrogen and oxygen atoms in total. The number of carbonyl (C=O) groups excluding carboxylic acids is 3. The number of hydrogen-bond acceptors (Lipinski definition) is 9. The molecule has 2 fully saturated rings. The van der Waals surface area contributed by atoms with Crippen molar-refractivity contribution in [3.8, 4) is 0 Å². The lowest BCUT2D eigenvalue weighted by Crippen LogP contribution is -2.71. The summed E-state index contributed by atoms with van der Waals surface area (Å²) in [6.45, 7) is 8.34. The number of nitrogens with zero attached hydrogens (tertiary/aromatic N) is 1. The van der Waals surface area contributed by atoms with Crippen LogP contribution in [-0.4, -0.2) is 73.6 Å². The summed E-state index contributed by atoms with van der Waals surface area (Å²) in [6.07, 6.45) is -0.541. The van der Waals surface area contributed by atoms with Gasteiger partial charge in [0.15, 0.2) is 18.2 Å². The molecule has 6 atom stereocenters. The van der Waals surface area contributed by atoms with Gasteiger partial charge in [0.05, 0.1) is 6.61 Å². The molecule has 3 aliphatic heterocycles. The van der Waals surface area contributed by atoms with Gasteiger partial charge in [-0.1, -0.05) is 17.7 Å². The van der Waals surface area contributed by atoms with Crippen molar-refractivity contribution in [1.29, 1.82) is 0 Å². The molecule has 0 aliphatic carbocycles. The largest absolute Gasteiger partial charge is 0.463 e. The van der Waals surface area contributed by atoms with Crippen LogP contribution >= 0.6 is 0 Å². The lowest BCUT2D eigenvalue weighted by atomic mass is 9.91. The summed E-state index contributed by atoms with van der Waals surface area (Å²) in [6, 6.07) is 7.19. The maximum absolute atomic E-state index is 13.2. The number of hydrogen-bond donors (Lipinski definition) is 0. The average molecular weight is 490 g/mol. The molecular formula is C25H31NO9. The molecule has 0 aromatic heterocycles. The van der Waals surface area contributed by atoms with Crippen LogP contribution in [-0.2, 0) is 42.8 Å². The van der Waals surface area contributed by atoms with E-state index < -0.39 is 54.5 Å². The topological polar surface area (TPSA) is 110 Å². The van der Waals surface area contributed by atoms with Gasteiger partial charge in [-0.15, -0.1) is 0 Å². The Balaban J connectivity index is 1.52. The van der Waals surface area contributed by atoms with Crippen molar-refractivity contribution < 1.29 is 42.8 Å². The number of esters is 2. The fraction of sp³-hybridized carbons (Fsp3) is 0.560. The molecule has 1 amide bonds. The van der Waals surface area contributed by atoms with E-state index in [4.69, 9.17) is 28.4 Å². The van der Waals surface area contributed by atoms with E-state index in [9.17, 15) is 14.4 Å². The monoisotopic (exact) mass is 489 g/mol. The Bertz CT molecular complexity index is 989. The molecule has 2 saturated heterocycles. The molecule has 0 unspecified atom stereocenters. The first-order valence-corrected chi connectivity index (χ1v) is 11.6. The molecule has 1 aromatic carbocycles. The van der Waals surface area contributed by atoms with Crippen LogP contribution in [0.1, 0.15) is 33.3 Å². The second-order valence-electron chi connectivity index (χ2n) is 9.26. The number of ether oxygens (including phenoxy) is 6. The fourth-order valence-corrected chi connectivity index (χ4v) is 4.35. The van der Waals surface area contributed by atoms with Crippen LogP contribution in [0.15, 0.2) is 36.4 Å². The number of benzene rings is 1. The minimum atomic E-state index is -0.922. The second-order valence-corrected chi connectivity index (χ2v) is 9.26. The third kappa shape index (κ3) is 5.72. The molecule has 4 rings (SSSR count). The van der Waals surface area contributed by atoms with Crippen LogP contribution in [0, 0.1) is 6.92 Å². The number of carbonyl (C=O) groups is 3. The van der Waals surface area contributed by atoms with E-state index in [1.165, 1.54) is 13.8 Å². The highest BCUT2D eigenvalue weighted by molar-refractivity contribution is 6.05. The summed E-state index contributed by atoms with van der Waals surface area (Å²) < 4.78 is 34.1. The third-order valence-electron chi connectivity index (χ3n) is 5.98. The first kappa shape index (κ1) is 25.3. The number of aryl methyl sites for hydroxylation is 1. The summed E-state index contributed by atoms with van der Waals surface area (Å²) in [5.41, 5.74) is 1.82. The SMILES string of the molecule is CC(=O)OC[C@H]1O[C@H](O[C@H]2C(=O)N(c3ccc(C)cc3)[C@H]2[C@H]2COC(C)(C)O2)C=C[C@@H]1OC(C)=O. The molecule has 3 aliphatic rings. The zero-order chi connectivity index (χ0) is 25.3. The molecule has 0 radical (unpaired) electrons. The van der Waals surface area contributed by atoms with Gasteiger partial charge in [0.2, 0.25) is 0 Å². The minimum Gasteiger partial charge on any atom is -0.463 e. The zero-order valence-corrected chi connectivity index (χ0v) is 20.5. The van der Waals surface area contributed by atoms with Crippen LogP contribution < -0.4 is 4.90 Å². The lowest BCUT2D eigenvalue weighted by Gasteiger charge is -2.49. The van der Waals surface area contributed by atoms with Crippen molar-refractivity contribution in [2.24, 2.45) is 0 Å². The van der Waals surface area contributed by atoms with Crippen LogP contribution in [0.3, 0.4) is 0 Å². The van der Waals surface area contributed by atoms with Gasteiger partial charge in [-0.25, -0.2) is 0 Å². The number of rotatable bonds is 7. The molecule has 35 heavy (non-hydrogen) atoms. The molecule has 0 spiro atoms. The van der Waals surface area contributed by atoms with Crippen LogP contribution in [0.2, 0.25) is 0 Å². The maximum Gasteiger partial charge on any atom is 0.303 e. The first-order chi connectivity index (χ1) is 16.5. The van der Waals surface area contributed by atoms with Crippen molar-refractivity contribution >= 4 is 23.5 Å². The molecule has 0 bridgehead atoms. The van der Waals surface area contributed by atoms with E-state index in [0.717, 1.165) is 11.3 Å². The van der Waals surface area contributed by atoms with Gasteiger partial charge < -0.3 is 33.3 Å². The Morgan fingerprint density at radius 3 is 2.43 bits per heavy atom. The molecular weight excluding hydrogens is 458 g/mol. The van der Waals surface area contributed by atoms with Crippen molar-refractivity contribution in [2.45, 2.75) is 77.2 Å². The highest BCUT2D eigenvalue weighted by Crippen LogP contribution is 2.38. The van der Waals surface area contributed by atoms with E-state index in [2.05, 4.69) is 0 Å². The van der Waals surface area contributed by atoms with Gasteiger partial charge in [-0.2, -0.15) is 0 Å². The van der Waals surface area contributed by atoms with Crippen LogP contribution in [0.4, 0.5) is 5.69 Å². The molecule has 10 heteroatoms. The number of β-lactam (4-membered cyclic amide) rings is 1. The van der Waals surface area contributed by atoms with Gasteiger partial charge in [0.1, 0.15) is 31.0 Å². The van der Waals surface area contributed by atoms with Crippen LogP contribution in [0.25, 0.3) is 0 Å². The quantitative estimate of drug-likeness (QED) is 0.323. The standard InChI is InChI=1S/C25H31NO9/c1-14-6-8-17(9-7-14)26-22(20-13-31-25(4,5)35-20)23(24(26)29)34-21-11-10-18(32-16(3)28)19(33-21)12-30-15(2)27/h6-11,18-23H,12-13H2,1-5H3/t18-,19+,20+,21+,22-,23+/m0/s1. The van der Waals surface area contributed by atoms with Gasteiger partial charge in [-0.05, 0) is 45.1 Å². The van der Waals surface area contributed by atoms with Gasteiger partial charge >= 0.3 is 11.9 Å². The molecule has 0 saturated carbocycles. The highest BCUT2D eigenvalue weighted by atomic mass is 16.7. The van der Waals surface area contributed by atoms with E-state index in [-0.39, 0.29) is 12.5 Å². The zero-order valence-electron chi connectivity index (χ0n) is 20.5. The van der Waals surface area contributed by atoms with E-state index in [0.29, 0.717) is 6.61 Å². The van der Waals surface area contributed by atoms with E-state index in [1.54, 1.807) is 17.1 Å². The Morgan fingerprint density at radius 1 is 1.11 bits per heavy atom. The van der Waals surface area contributed by atoms with Crippen molar-refractivity contribution in [3.05, 3.63) is 42.0 Å². The minimum absolute atomic E-state index is 0.136. The number of amides is 1.